The molecule has 0 fully saturated rings. The van der Waals surface area contributed by atoms with Gasteiger partial charge in [-0.2, -0.15) is 0 Å². The molecule has 2 nitrogen and oxygen atoms in total. The van der Waals surface area contributed by atoms with Crippen LogP contribution in [0.3, 0.4) is 0 Å². The first kappa shape index (κ1) is 16.1. The molecule has 2 N–H and O–H groups in total. The van der Waals surface area contributed by atoms with Crippen LogP contribution in [-0.2, 0) is 0 Å². The van der Waals surface area contributed by atoms with Gasteiger partial charge in [-0.05, 0) is 30.7 Å². The van der Waals surface area contributed by atoms with Gasteiger partial charge in [0.15, 0.2) is 0 Å². The molecule has 0 amide bonds. The van der Waals surface area contributed by atoms with Crippen molar-refractivity contribution in [1.29, 1.82) is 0 Å². The van der Waals surface area contributed by atoms with Crippen molar-refractivity contribution < 1.29 is 8.78 Å². The van der Waals surface area contributed by atoms with Crippen LogP contribution in [0.15, 0.2) is 18.2 Å². The average molecular weight is 270 g/mol. The Hall–Kier alpha value is -1.00. The number of benzene rings is 1. The van der Waals surface area contributed by atoms with Crippen molar-refractivity contribution in [2.75, 3.05) is 19.6 Å². The number of likely N-dealkylation sites (N-methyl/N-ethyl adjacent to an activating group) is 1. The molecular weight excluding hydrogens is 246 g/mol. The van der Waals surface area contributed by atoms with Crippen molar-refractivity contribution in [2.45, 2.75) is 33.2 Å². The van der Waals surface area contributed by atoms with E-state index in [4.69, 9.17) is 5.73 Å². The smallest absolute Gasteiger partial charge is 0.128 e. The molecule has 0 radical (unpaired) electrons. The van der Waals surface area contributed by atoms with Crippen LogP contribution in [0.2, 0.25) is 0 Å². The van der Waals surface area contributed by atoms with Gasteiger partial charge in [-0.15, -0.1) is 0 Å². The Morgan fingerprint density at radius 2 is 1.95 bits per heavy atom. The van der Waals surface area contributed by atoms with Gasteiger partial charge in [0, 0.05) is 24.7 Å². The van der Waals surface area contributed by atoms with Gasteiger partial charge in [-0.1, -0.05) is 27.2 Å². The highest BCUT2D eigenvalue weighted by atomic mass is 19.1. The first-order valence-corrected chi connectivity index (χ1v) is 6.92. The first-order valence-electron chi connectivity index (χ1n) is 6.92. The van der Waals surface area contributed by atoms with E-state index in [2.05, 4.69) is 18.7 Å². The Balaban J connectivity index is 2.99. The molecule has 0 aliphatic carbocycles. The Labute approximate surface area is 114 Å². The summed E-state index contributed by atoms with van der Waals surface area (Å²) in [7, 11) is 0. The predicted molar refractivity (Wildman–Crippen MR) is 74.9 cm³/mol. The molecule has 0 bridgehead atoms. The van der Waals surface area contributed by atoms with Gasteiger partial charge in [-0.25, -0.2) is 8.78 Å². The van der Waals surface area contributed by atoms with Crippen molar-refractivity contribution in [3.8, 4) is 0 Å². The van der Waals surface area contributed by atoms with Gasteiger partial charge in [0.1, 0.15) is 11.6 Å². The van der Waals surface area contributed by atoms with Crippen molar-refractivity contribution in [3.05, 3.63) is 35.4 Å². The number of nitrogens with two attached hydrogens (primary N) is 1. The average Bonchev–Trinajstić information content (AvgIpc) is 2.41. The molecule has 2 unspecified atom stereocenters. The normalized spacial score (nSPS) is 14.7. The van der Waals surface area contributed by atoms with Gasteiger partial charge < -0.3 is 5.73 Å². The van der Waals surface area contributed by atoms with Crippen molar-refractivity contribution in [3.63, 3.8) is 0 Å². The SMILES string of the molecule is CCC(C)CN(CC)C(CN)c1cc(F)ccc1F. The molecular formula is C15H24F2N2. The predicted octanol–water partition coefficient (Wildman–Crippen LogP) is 3.33. The van der Waals surface area contributed by atoms with Gasteiger partial charge in [0.2, 0.25) is 0 Å². The second-order valence-corrected chi connectivity index (χ2v) is 5.02. The maximum absolute atomic E-state index is 13.9. The Bertz CT molecular complexity index is 396. The topological polar surface area (TPSA) is 29.3 Å². The van der Waals surface area contributed by atoms with E-state index in [0.29, 0.717) is 11.5 Å². The zero-order valence-corrected chi connectivity index (χ0v) is 12.0. The molecule has 0 saturated heterocycles. The van der Waals surface area contributed by atoms with E-state index in [1.807, 2.05) is 6.92 Å². The summed E-state index contributed by atoms with van der Waals surface area (Å²) in [4.78, 5) is 2.12. The van der Waals surface area contributed by atoms with E-state index in [0.717, 1.165) is 25.6 Å². The van der Waals surface area contributed by atoms with E-state index in [9.17, 15) is 8.78 Å². The largest absolute Gasteiger partial charge is 0.329 e. The highest BCUT2D eigenvalue weighted by Crippen LogP contribution is 2.24. The summed E-state index contributed by atoms with van der Waals surface area (Å²) in [5.74, 6) is -0.306. The van der Waals surface area contributed by atoms with Crippen molar-refractivity contribution in [1.82, 2.24) is 4.90 Å². The van der Waals surface area contributed by atoms with Crippen LogP contribution in [0.1, 0.15) is 38.8 Å². The van der Waals surface area contributed by atoms with Gasteiger partial charge in [0.05, 0.1) is 0 Å². The molecule has 19 heavy (non-hydrogen) atoms. The molecule has 2 atom stereocenters. The molecule has 0 aliphatic rings. The summed E-state index contributed by atoms with van der Waals surface area (Å²) in [6.45, 7) is 8.18. The molecule has 4 heteroatoms. The molecule has 0 spiro atoms. The molecule has 0 saturated carbocycles. The lowest BCUT2D eigenvalue weighted by atomic mass is 10.0. The van der Waals surface area contributed by atoms with E-state index >= 15 is 0 Å². The fourth-order valence-corrected chi connectivity index (χ4v) is 2.25. The number of halogens is 2. The third kappa shape index (κ3) is 4.25. The van der Waals surface area contributed by atoms with Gasteiger partial charge >= 0.3 is 0 Å². The summed E-state index contributed by atoms with van der Waals surface area (Å²) in [5, 5.41) is 0. The molecule has 108 valence electrons. The summed E-state index contributed by atoms with van der Waals surface area (Å²) in [6.07, 6.45) is 1.05. The lowest BCUT2D eigenvalue weighted by Crippen LogP contribution is -2.37. The number of nitrogens with zero attached hydrogens (tertiary/aromatic N) is 1. The first-order chi connectivity index (χ1) is 9.03. The van der Waals surface area contributed by atoms with Crippen LogP contribution >= 0.6 is 0 Å². The standard InChI is InChI=1S/C15H24F2N2/c1-4-11(3)10-19(5-2)15(9-18)13-8-12(16)6-7-14(13)17/h6-8,11,15H,4-5,9-10,18H2,1-3H3. The second-order valence-electron chi connectivity index (χ2n) is 5.02. The zero-order chi connectivity index (χ0) is 14.4. The minimum atomic E-state index is -0.422. The van der Waals surface area contributed by atoms with E-state index in [1.54, 1.807) is 0 Å². The molecule has 1 aromatic carbocycles. The van der Waals surface area contributed by atoms with Crippen molar-refractivity contribution in [2.24, 2.45) is 11.7 Å². The molecule has 0 aliphatic heterocycles. The highest BCUT2D eigenvalue weighted by molar-refractivity contribution is 5.23. The lowest BCUT2D eigenvalue weighted by molar-refractivity contribution is 0.179. The fourth-order valence-electron chi connectivity index (χ4n) is 2.25. The van der Waals surface area contributed by atoms with Crippen LogP contribution in [0.5, 0.6) is 0 Å². The third-order valence-corrected chi connectivity index (χ3v) is 3.63. The zero-order valence-electron chi connectivity index (χ0n) is 12.0. The third-order valence-electron chi connectivity index (χ3n) is 3.63. The van der Waals surface area contributed by atoms with Gasteiger partial charge in [0.25, 0.3) is 0 Å². The molecule has 0 heterocycles. The second kappa shape index (κ2) is 7.56. The fraction of sp³-hybridized carbons (Fsp3) is 0.600. The highest BCUT2D eigenvalue weighted by Gasteiger charge is 2.22. The quantitative estimate of drug-likeness (QED) is 0.823. The van der Waals surface area contributed by atoms with Crippen LogP contribution in [-0.4, -0.2) is 24.5 Å². The Morgan fingerprint density at radius 3 is 2.47 bits per heavy atom. The Kier molecular flexibility index (Phi) is 6.38. The summed E-state index contributed by atoms with van der Waals surface area (Å²) >= 11 is 0. The number of hydrogen-bond acceptors (Lipinski definition) is 2. The lowest BCUT2D eigenvalue weighted by Gasteiger charge is -2.32. The minimum absolute atomic E-state index is 0.269. The maximum atomic E-state index is 13.9. The Morgan fingerprint density at radius 1 is 1.26 bits per heavy atom. The van der Waals surface area contributed by atoms with Crippen LogP contribution < -0.4 is 5.73 Å². The van der Waals surface area contributed by atoms with E-state index < -0.39 is 5.82 Å². The minimum Gasteiger partial charge on any atom is -0.329 e. The van der Waals surface area contributed by atoms with Crippen LogP contribution in [0.25, 0.3) is 0 Å². The maximum Gasteiger partial charge on any atom is 0.128 e. The monoisotopic (exact) mass is 270 g/mol. The van der Waals surface area contributed by atoms with E-state index in [1.165, 1.54) is 12.1 Å². The van der Waals surface area contributed by atoms with Crippen LogP contribution in [0, 0.1) is 17.6 Å². The summed E-state index contributed by atoms with van der Waals surface area (Å²) in [5.41, 5.74) is 6.14. The van der Waals surface area contributed by atoms with Crippen molar-refractivity contribution >= 4 is 0 Å². The number of hydrogen-bond donors (Lipinski definition) is 1. The molecule has 1 rings (SSSR count). The van der Waals surface area contributed by atoms with E-state index in [-0.39, 0.29) is 18.4 Å². The van der Waals surface area contributed by atoms with Gasteiger partial charge in [-0.3, -0.25) is 4.90 Å². The molecule has 0 aromatic heterocycles. The molecule has 1 aromatic rings. The summed E-state index contributed by atoms with van der Waals surface area (Å²) in [6, 6.07) is 3.29. The summed E-state index contributed by atoms with van der Waals surface area (Å²) < 4.78 is 27.2. The van der Waals surface area contributed by atoms with Crippen LogP contribution in [0.4, 0.5) is 8.78 Å². The number of rotatable bonds is 7.